The van der Waals surface area contributed by atoms with Gasteiger partial charge in [0.25, 0.3) is 0 Å². The van der Waals surface area contributed by atoms with Gasteiger partial charge < -0.3 is 4.74 Å². The fourth-order valence-corrected chi connectivity index (χ4v) is 2.04. The second-order valence-corrected chi connectivity index (χ2v) is 4.54. The second-order valence-electron chi connectivity index (χ2n) is 3.98. The minimum atomic E-state index is -1.22. The van der Waals surface area contributed by atoms with E-state index < -0.39 is 33.8 Å². The third-order valence-corrected chi connectivity index (χ3v) is 3.19. The Morgan fingerprint density at radius 3 is 2.43 bits per heavy atom. The molecule has 0 fully saturated rings. The van der Waals surface area contributed by atoms with Crippen molar-refractivity contribution in [1.82, 2.24) is 0 Å². The molecule has 2 aromatic carbocycles. The van der Waals surface area contributed by atoms with Crippen molar-refractivity contribution in [2.45, 2.75) is 5.33 Å². The Kier molecular flexibility index (Phi) is 4.46. The lowest BCUT2D eigenvalue weighted by Crippen LogP contribution is -1.98. The predicted molar refractivity (Wildman–Crippen MR) is 72.1 cm³/mol. The Morgan fingerprint density at radius 2 is 1.81 bits per heavy atom. The summed E-state index contributed by atoms with van der Waals surface area (Å²) in [6.07, 6.45) is 0. The van der Waals surface area contributed by atoms with Crippen LogP contribution in [0, 0.1) is 27.6 Å². The molecule has 0 heterocycles. The maximum Gasteiger partial charge on any atom is 0.307 e. The van der Waals surface area contributed by atoms with E-state index in [2.05, 4.69) is 15.9 Å². The van der Waals surface area contributed by atoms with Gasteiger partial charge in [0.15, 0.2) is 11.6 Å². The highest BCUT2D eigenvalue weighted by Crippen LogP contribution is 2.32. The molecule has 0 aliphatic heterocycles. The highest BCUT2D eigenvalue weighted by Gasteiger charge is 2.20. The summed E-state index contributed by atoms with van der Waals surface area (Å²) in [5.74, 6) is -3.23. The number of rotatable bonds is 4. The van der Waals surface area contributed by atoms with Crippen LogP contribution in [0.1, 0.15) is 5.56 Å². The molecule has 0 aromatic heterocycles. The molecule has 0 unspecified atom stereocenters. The number of nitro benzene ring substituents is 1. The van der Waals surface area contributed by atoms with Crippen molar-refractivity contribution in [3.8, 4) is 11.5 Å². The highest BCUT2D eigenvalue weighted by molar-refractivity contribution is 9.08. The molecule has 2 rings (SSSR count). The van der Waals surface area contributed by atoms with E-state index >= 15 is 0 Å². The predicted octanol–water partition coefficient (Wildman–Crippen LogP) is 4.70. The topological polar surface area (TPSA) is 52.4 Å². The van der Waals surface area contributed by atoms with Crippen LogP contribution in [0.4, 0.5) is 18.9 Å². The second kappa shape index (κ2) is 6.13. The summed E-state index contributed by atoms with van der Waals surface area (Å²) in [6, 6.07) is 4.53. The van der Waals surface area contributed by atoms with Gasteiger partial charge in [0.2, 0.25) is 5.82 Å². The van der Waals surface area contributed by atoms with E-state index in [4.69, 9.17) is 4.74 Å². The molecule has 0 atom stereocenters. The molecule has 110 valence electrons. The molecule has 0 saturated carbocycles. The first-order chi connectivity index (χ1) is 9.92. The molecule has 0 bridgehead atoms. The Hall–Kier alpha value is -2.09. The van der Waals surface area contributed by atoms with Gasteiger partial charge >= 0.3 is 5.69 Å². The average molecular weight is 362 g/mol. The van der Waals surface area contributed by atoms with Crippen LogP contribution in [-0.2, 0) is 5.33 Å². The average Bonchev–Trinajstić information content (AvgIpc) is 2.43. The van der Waals surface area contributed by atoms with E-state index in [0.29, 0.717) is 17.7 Å². The van der Waals surface area contributed by atoms with Gasteiger partial charge in [0.05, 0.1) is 11.0 Å². The van der Waals surface area contributed by atoms with E-state index in [-0.39, 0.29) is 11.1 Å². The number of nitrogens with zero attached hydrogens (tertiary/aromatic N) is 1. The van der Waals surface area contributed by atoms with Crippen LogP contribution in [0.5, 0.6) is 11.5 Å². The van der Waals surface area contributed by atoms with Crippen LogP contribution in [0.2, 0.25) is 0 Å². The standard InChI is InChI=1S/C13H7BrF3NO3/c14-6-7-3-8(15)1-2-12(7)21-13-5-9(16)11(18(19)20)4-10(13)17/h1-5H,6H2. The van der Waals surface area contributed by atoms with Gasteiger partial charge in [-0.2, -0.15) is 4.39 Å². The smallest absolute Gasteiger partial charge is 0.307 e. The first kappa shape index (κ1) is 15.3. The minimum Gasteiger partial charge on any atom is -0.454 e. The number of benzene rings is 2. The summed E-state index contributed by atoms with van der Waals surface area (Å²) in [4.78, 5) is 9.45. The maximum absolute atomic E-state index is 13.7. The van der Waals surface area contributed by atoms with Crippen LogP contribution >= 0.6 is 15.9 Å². The van der Waals surface area contributed by atoms with Crippen LogP contribution < -0.4 is 4.74 Å². The summed E-state index contributed by atoms with van der Waals surface area (Å²) in [7, 11) is 0. The lowest BCUT2D eigenvalue weighted by atomic mass is 10.2. The van der Waals surface area contributed by atoms with Gasteiger partial charge in [0, 0.05) is 17.0 Å². The van der Waals surface area contributed by atoms with Crippen LogP contribution in [0.25, 0.3) is 0 Å². The Labute approximate surface area is 125 Å². The molecule has 21 heavy (non-hydrogen) atoms. The Balaban J connectivity index is 2.41. The molecule has 0 aliphatic carbocycles. The Bertz CT molecular complexity index is 709. The summed E-state index contributed by atoms with van der Waals surface area (Å²) in [5, 5.41) is 10.7. The van der Waals surface area contributed by atoms with E-state index in [1.807, 2.05) is 0 Å². The van der Waals surface area contributed by atoms with Gasteiger partial charge in [-0.05, 0) is 18.2 Å². The first-order valence-corrected chi connectivity index (χ1v) is 6.70. The molecule has 0 aliphatic rings. The Morgan fingerprint density at radius 1 is 1.10 bits per heavy atom. The van der Waals surface area contributed by atoms with Crippen molar-refractivity contribution in [3.05, 3.63) is 63.5 Å². The molecule has 2 aromatic rings. The summed E-state index contributed by atoms with van der Waals surface area (Å²) < 4.78 is 45.4. The molecule has 8 heteroatoms. The zero-order chi connectivity index (χ0) is 15.6. The van der Waals surface area contributed by atoms with Crippen molar-refractivity contribution < 1.29 is 22.8 Å². The van der Waals surface area contributed by atoms with E-state index in [1.165, 1.54) is 12.1 Å². The number of ether oxygens (including phenoxy) is 1. The normalized spacial score (nSPS) is 10.5. The lowest BCUT2D eigenvalue weighted by molar-refractivity contribution is -0.387. The molecule has 0 saturated heterocycles. The summed E-state index contributed by atoms with van der Waals surface area (Å²) in [6.45, 7) is 0. The van der Waals surface area contributed by atoms with Crippen molar-refractivity contribution >= 4 is 21.6 Å². The van der Waals surface area contributed by atoms with E-state index in [9.17, 15) is 23.3 Å². The number of hydrogen-bond acceptors (Lipinski definition) is 3. The SMILES string of the molecule is O=[N+]([O-])c1cc(F)c(Oc2ccc(F)cc2CBr)cc1F. The third kappa shape index (κ3) is 3.33. The zero-order valence-corrected chi connectivity index (χ0v) is 11.9. The largest absolute Gasteiger partial charge is 0.454 e. The van der Waals surface area contributed by atoms with Gasteiger partial charge in [-0.15, -0.1) is 0 Å². The van der Waals surface area contributed by atoms with Crippen molar-refractivity contribution in [2.24, 2.45) is 0 Å². The van der Waals surface area contributed by atoms with E-state index in [1.54, 1.807) is 0 Å². The number of halogens is 4. The van der Waals surface area contributed by atoms with Crippen molar-refractivity contribution in [1.29, 1.82) is 0 Å². The summed E-state index contributed by atoms with van der Waals surface area (Å²) >= 11 is 3.12. The van der Waals surface area contributed by atoms with Gasteiger partial charge in [-0.25, -0.2) is 8.78 Å². The molecule has 0 amide bonds. The van der Waals surface area contributed by atoms with Crippen molar-refractivity contribution in [3.63, 3.8) is 0 Å². The lowest BCUT2D eigenvalue weighted by Gasteiger charge is -2.10. The quantitative estimate of drug-likeness (QED) is 0.450. The maximum atomic E-state index is 13.7. The molecule has 0 N–H and O–H groups in total. The number of hydrogen-bond donors (Lipinski definition) is 0. The zero-order valence-electron chi connectivity index (χ0n) is 10.3. The van der Waals surface area contributed by atoms with Crippen LogP contribution in [0.15, 0.2) is 30.3 Å². The first-order valence-electron chi connectivity index (χ1n) is 5.58. The monoisotopic (exact) mass is 361 g/mol. The molecular weight excluding hydrogens is 355 g/mol. The van der Waals surface area contributed by atoms with Crippen molar-refractivity contribution in [2.75, 3.05) is 0 Å². The summed E-state index contributed by atoms with van der Waals surface area (Å²) in [5.41, 5.74) is -0.604. The number of nitro groups is 1. The third-order valence-electron chi connectivity index (χ3n) is 2.58. The van der Waals surface area contributed by atoms with Gasteiger partial charge in [-0.1, -0.05) is 15.9 Å². The number of alkyl halides is 1. The van der Waals surface area contributed by atoms with Gasteiger partial charge in [0.1, 0.15) is 11.6 Å². The van der Waals surface area contributed by atoms with E-state index in [0.717, 1.165) is 6.07 Å². The van der Waals surface area contributed by atoms with Gasteiger partial charge in [-0.3, -0.25) is 10.1 Å². The minimum absolute atomic E-state index is 0.112. The van der Waals surface area contributed by atoms with Crippen LogP contribution in [0.3, 0.4) is 0 Å². The molecule has 0 radical (unpaired) electrons. The molecule has 4 nitrogen and oxygen atoms in total. The fourth-order valence-electron chi connectivity index (χ4n) is 1.61. The molecule has 0 spiro atoms. The van der Waals surface area contributed by atoms with Crippen LogP contribution in [-0.4, -0.2) is 4.92 Å². The highest BCUT2D eigenvalue weighted by atomic mass is 79.9. The molecular formula is C13H7BrF3NO3. The fraction of sp³-hybridized carbons (Fsp3) is 0.0769.